The monoisotopic (exact) mass is 172 g/mol. The molecule has 0 aliphatic carbocycles. The van der Waals surface area contributed by atoms with E-state index in [0.717, 1.165) is 0 Å². The predicted octanol–water partition coefficient (Wildman–Crippen LogP) is 0.803. The number of carboxylic acids is 1. The quantitative estimate of drug-likeness (QED) is 0.626. The minimum Gasteiger partial charge on any atom is -0.481 e. The summed E-state index contributed by atoms with van der Waals surface area (Å²) in [5, 5.41) is 8.50. The number of hydrogen-bond donors (Lipinski definition) is 1. The van der Waals surface area contributed by atoms with Crippen LogP contribution in [0.2, 0.25) is 0 Å². The Hall–Kier alpha value is -1.06. The van der Waals surface area contributed by atoms with Crippen LogP contribution in [-0.4, -0.2) is 23.1 Å². The van der Waals surface area contributed by atoms with Gasteiger partial charge in [-0.1, -0.05) is 13.8 Å². The van der Waals surface area contributed by atoms with E-state index in [1.165, 1.54) is 0 Å². The minimum absolute atomic E-state index is 0.0985. The molecule has 1 aliphatic heterocycles. The third-order valence-electron chi connectivity index (χ3n) is 2.11. The van der Waals surface area contributed by atoms with E-state index in [-0.39, 0.29) is 17.8 Å². The van der Waals surface area contributed by atoms with E-state index in [9.17, 15) is 9.59 Å². The summed E-state index contributed by atoms with van der Waals surface area (Å²) in [6.07, 6.45) is -0.258. The second-order valence-corrected chi connectivity index (χ2v) is 3.74. The molecule has 12 heavy (non-hydrogen) atoms. The molecule has 68 valence electrons. The Bertz CT molecular complexity index is 219. The van der Waals surface area contributed by atoms with Gasteiger partial charge < -0.3 is 9.84 Å². The van der Waals surface area contributed by atoms with Crippen LogP contribution >= 0.6 is 0 Å². The van der Waals surface area contributed by atoms with Gasteiger partial charge in [-0.05, 0) is 0 Å². The number of carbonyl (C=O) groups excluding carboxylic acids is 1. The van der Waals surface area contributed by atoms with E-state index >= 15 is 0 Å². The molecule has 1 heterocycles. The van der Waals surface area contributed by atoms with Crippen LogP contribution in [0.1, 0.15) is 26.7 Å². The van der Waals surface area contributed by atoms with Gasteiger partial charge in [-0.15, -0.1) is 0 Å². The first-order chi connectivity index (χ1) is 5.42. The van der Waals surface area contributed by atoms with Gasteiger partial charge in [0.2, 0.25) is 0 Å². The van der Waals surface area contributed by atoms with Gasteiger partial charge in [-0.2, -0.15) is 0 Å². The molecule has 4 nitrogen and oxygen atoms in total. The Kier molecular flexibility index (Phi) is 2.08. The van der Waals surface area contributed by atoms with Crippen LogP contribution in [0.4, 0.5) is 0 Å². The lowest BCUT2D eigenvalue weighted by atomic mass is 9.84. The summed E-state index contributed by atoms with van der Waals surface area (Å²) in [6, 6.07) is 0. The molecule has 0 bridgehead atoms. The molecule has 0 aromatic carbocycles. The third-order valence-corrected chi connectivity index (χ3v) is 2.11. The number of aliphatic carboxylic acids is 1. The van der Waals surface area contributed by atoms with E-state index in [1.807, 2.05) is 13.8 Å². The van der Waals surface area contributed by atoms with Crippen molar-refractivity contribution in [1.82, 2.24) is 0 Å². The highest BCUT2D eigenvalue weighted by Gasteiger charge is 2.42. The fourth-order valence-corrected chi connectivity index (χ4v) is 1.32. The zero-order valence-electron chi connectivity index (χ0n) is 7.16. The maximum absolute atomic E-state index is 10.8. The summed E-state index contributed by atoms with van der Waals surface area (Å²) >= 11 is 0. The summed E-state index contributed by atoms with van der Waals surface area (Å²) < 4.78 is 4.87. The van der Waals surface area contributed by atoms with Gasteiger partial charge in [-0.3, -0.25) is 9.59 Å². The molecule has 4 heteroatoms. The van der Waals surface area contributed by atoms with Crippen LogP contribution < -0.4 is 0 Å². The fraction of sp³-hybridized carbons (Fsp3) is 0.750. The lowest BCUT2D eigenvalue weighted by molar-refractivity contribution is -0.146. The van der Waals surface area contributed by atoms with Crippen LogP contribution in [0, 0.1) is 5.41 Å². The van der Waals surface area contributed by atoms with Crippen LogP contribution in [0.5, 0.6) is 0 Å². The van der Waals surface area contributed by atoms with Crippen molar-refractivity contribution < 1.29 is 19.4 Å². The molecule has 1 saturated heterocycles. The van der Waals surface area contributed by atoms with Crippen molar-refractivity contribution in [1.29, 1.82) is 0 Å². The van der Waals surface area contributed by atoms with Gasteiger partial charge in [0.05, 0.1) is 12.8 Å². The fourth-order valence-electron chi connectivity index (χ4n) is 1.32. The van der Waals surface area contributed by atoms with Gasteiger partial charge in [0, 0.05) is 5.41 Å². The highest BCUT2D eigenvalue weighted by molar-refractivity contribution is 5.75. The molecule has 1 atom stereocenters. The maximum Gasteiger partial charge on any atom is 0.307 e. The smallest absolute Gasteiger partial charge is 0.307 e. The van der Waals surface area contributed by atoms with Crippen molar-refractivity contribution in [2.45, 2.75) is 32.8 Å². The van der Waals surface area contributed by atoms with Crippen molar-refractivity contribution in [3.8, 4) is 0 Å². The molecule has 1 rings (SSSR count). The van der Waals surface area contributed by atoms with Gasteiger partial charge in [0.1, 0.15) is 6.10 Å². The van der Waals surface area contributed by atoms with Crippen molar-refractivity contribution in [3.05, 3.63) is 0 Å². The highest BCUT2D eigenvalue weighted by atomic mass is 16.6. The van der Waals surface area contributed by atoms with Gasteiger partial charge >= 0.3 is 11.9 Å². The number of ether oxygens (including phenoxy) is 1. The second kappa shape index (κ2) is 2.77. The SMILES string of the molecule is CC1(C)CC(=O)OC1CC(=O)O. The Morgan fingerprint density at radius 1 is 1.75 bits per heavy atom. The van der Waals surface area contributed by atoms with Crippen molar-refractivity contribution in [2.24, 2.45) is 5.41 Å². The first kappa shape index (κ1) is 9.03. The average molecular weight is 172 g/mol. The third kappa shape index (κ3) is 1.75. The number of carbonyl (C=O) groups is 2. The summed E-state index contributed by atoms with van der Waals surface area (Å²) in [5.41, 5.74) is -0.338. The Balaban J connectivity index is 2.65. The number of cyclic esters (lactones) is 1. The standard InChI is InChI=1S/C8H12O4/c1-8(2)4-7(11)12-5(8)3-6(9)10/h5H,3-4H2,1-2H3,(H,9,10). The zero-order chi connectivity index (χ0) is 9.35. The van der Waals surface area contributed by atoms with Crippen molar-refractivity contribution >= 4 is 11.9 Å². The Morgan fingerprint density at radius 2 is 2.33 bits per heavy atom. The number of esters is 1. The minimum atomic E-state index is -0.928. The number of carboxylic acid groups (broad SMARTS) is 1. The molecule has 1 N–H and O–H groups in total. The summed E-state index contributed by atoms with van der Waals surface area (Å²) in [6.45, 7) is 3.68. The maximum atomic E-state index is 10.8. The Labute approximate surface area is 70.5 Å². The lowest BCUT2D eigenvalue weighted by Crippen LogP contribution is -2.26. The molecule has 0 saturated carbocycles. The molecule has 0 aromatic heterocycles. The van der Waals surface area contributed by atoms with Gasteiger partial charge in [0.15, 0.2) is 0 Å². The summed E-state index contributed by atoms with van der Waals surface area (Å²) in [4.78, 5) is 21.2. The van der Waals surface area contributed by atoms with E-state index in [1.54, 1.807) is 0 Å². The van der Waals surface area contributed by atoms with Crippen LogP contribution in [0.25, 0.3) is 0 Å². The molecule has 0 amide bonds. The van der Waals surface area contributed by atoms with Crippen molar-refractivity contribution in [3.63, 3.8) is 0 Å². The van der Waals surface area contributed by atoms with E-state index in [4.69, 9.17) is 9.84 Å². The number of rotatable bonds is 2. The molecular weight excluding hydrogens is 160 g/mol. The molecule has 0 radical (unpaired) electrons. The molecule has 1 unspecified atom stereocenters. The first-order valence-electron chi connectivity index (χ1n) is 3.83. The van der Waals surface area contributed by atoms with Crippen LogP contribution in [0.3, 0.4) is 0 Å². The highest BCUT2D eigenvalue weighted by Crippen LogP contribution is 2.36. The predicted molar refractivity (Wildman–Crippen MR) is 40.5 cm³/mol. The van der Waals surface area contributed by atoms with Crippen LogP contribution in [-0.2, 0) is 14.3 Å². The van der Waals surface area contributed by atoms with Gasteiger partial charge in [0.25, 0.3) is 0 Å². The number of hydrogen-bond acceptors (Lipinski definition) is 3. The average Bonchev–Trinajstić information content (AvgIpc) is 2.04. The molecule has 1 aliphatic rings. The lowest BCUT2D eigenvalue weighted by Gasteiger charge is -2.21. The largest absolute Gasteiger partial charge is 0.481 e. The summed E-state index contributed by atoms with van der Waals surface area (Å²) in [5.74, 6) is -1.23. The second-order valence-electron chi connectivity index (χ2n) is 3.74. The van der Waals surface area contributed by atoms with Gasteiger partial charge in [-0.25, -0.2) is 0 Å². The Morgan fingerprint density at radius 3 is 2.67 bits per heavy atom. The first-order valence-corrected chi connectivity index (χ1v) is 3.83. The van der Waals surface area contributed by atoms with E-state index in [0.29, 0.717) is 6.42 Å². The molecule has 1 fully saturated rings. The topological polar surface area (TPSA) is 63.6 Å². The van der Waals surface area contributed by atoms with Crippen molar-refractivity contribution in [2.75, 3.05) is 0 Å². The molecule has 0 spiro atoms. The normalized spacial score (nSPS) is 26.8. The zero-order valence-corrected chi connectivity index (χ0v) is 7.16. The van der Waals surface area contributed by atoms with E-state index in [2.05, 4.69) is 0 Å². The molecular formula is C8H12O4. The molecule has 0 aromatic rings. The van der Waals surface area contributed by atoms with Crippen LogP contribution in [0.15, 0.2) is 0 Å². The van der Waals surface area contributed by atoms with E-state index < -0.39 is 12.1 Å². The summed E-state index contributed by atoms with van der Waals surface area (Å²) in [7, 11) is 0.